The van der Waals surface area contributed by atoms with Crippen molar-refractivity contribution in [2.24, 2.45) is 10.9 Å². The highest BCUT2D eigenvalue weighted by atomic mass is 127. The molecule has 1 atom stereocenters. The van der Waals surface area contributed by atoms with E-state index in [1.54, 1.807) is 7.05 Å². The Balaban J connectivity index is 0.00000392. The van der Waals surface area contributed by atoms with Crippen molar-refractivity contribution in [1.29, 1.82) is 0 Å². The Hall–Kier alpha value is -0.180. The topological polar surface area (TPSA) is 108 Å². The van der Waals surface area contributed by atoms with Crippen molar-refractivity contribution < 1.29 is 21.6 Å². The van der Waals surface area contributed by atoms with Gasteiger partial charge in [0.2, 0.25) is 10.0 Å². The molecule has 2 saturated heterocycles. The maximum Gasteiger partial charge on any atom is 0.216 e. The number of nitrogens with zero attached hydrogens (tertiary/aromatic N) is 3. The summed E-state index contributed by atoms with van der Waals surface area (Å²) in [7, 11) is -4.53. The highest BCUT2D eigenvalue weighted by molar-refractivity contribution is 14.0. The van der Waals surface area contributed by atoms with Crippen LogP contribution in [0.1, 0.15) is 20.3 Å². The molecule has 0 bridgehead atoms. The molecule has 2 rings (SSSR count). The number of aliphatic imine (C=N–C) groups is 1. The normalized spacial score (nSPS) is 23.6. The van der Waals surface area contributed by atoms with Gasteiger partial charge >= 0.3 is 0 Å². The summed E-state index contributed by atoms with van der Waals surface area (Å²) in [6.45, 7) is 6.44. The lowest BCUT2D eigenvalue weighted by Crippen LogP contribution is -2.54. The monoisotopic (exact) mass is 552 g/mol. The fourth-order valence-corrected chi connectivity index (χ4v) is 6.44. The van der Waals surface area contributed by atoms with Crippen LogP contribution in [0.5, 0.6) is 0 Å². The maximum absolute atomic E-state index is 12.4. The first-order valence-electron chi connectivity index (χ1n) is 9.38. The molecule has 0 saturated carbocycles. The van der Waals surface area contributed by atoms with Crippen LogP contribution in [0.3, 0.4) is 0 Å². The minimum absolute atomic E-state index is 0. The van der Waals surface area contributed by atoms with Gasteiger partial charge in [-0.1, -0.05) is 0 Å². The van der Waals surface area contributed by atoms with Crippen molar-refractivity contribution in [1.82, 2.24) is 14.5 Å². The molecule has 2 aliphatic rings. The Morgan fingerprint density at radius 3 is 2.39 bits per heavy atom. The van der Waals surface area contributed by atoms with Gasteiger partial charge in [-0.3, -0.25) is 4.99 Å². The highest BCUT2D eigenvalue weighted by Gasteiger charge is 2.30. The number of rotatable bonds is 7. The summed E-state index contributed by atoms with van der Waals surface area (Å²) in [4.78, 5) is 6.27. The van der Waals surface area contributed by atoms with Crippen LogP contribution in [0, 0.1) is 5.92 Å². The standard InChI is InChI=1S/C16H32N4O5S2.HI/c1-14(2)25-9-11-27(23,24)20-7-5-19(6-8-20)16(17-3)18-12-15-4-10-26(21,22)13-15;/h14-15H,4-13H2,1-3H3,(H,17,18);1H. The number of nitrogens with one attached hydrogen (secondary N) is 1. The average molecular weight is 553 g/mol. The minimum Gasteiger partial charge on any atom is -0.378 e. The SMILES string of the molecule is CN=C(NCC1CCS(=O)(=O)C1)N1CCN(S(=O)(=O)CCOC(C)C)CC1.I. The number of piperazine rings is 1. The minimum atomic E-state index is -3.32. The van der Waals surface area contributed by atoms with Gasteiger partial charge in [-0.2, -0.15) is 4.31 Å². The van der Waals surface area contributed by atoms with Crippen LogP contribution in [0.15, 0.2) is 4.99 Å². The van der Waals surface area contributed by atoms with Crippen LogP contribution in [0.2, 0.25) is 0 Å². The van der Waals surface area contributed by atoms with Crippen LogP contribution in [-0.2, 0) is 24.6 Å². The number of hydrogen-bond acceptors (Lipinski definition) is 6. The van der Waals surface area contributed by atoms with Gasteiger partial charge in [0.05, 0.1) is 30.0 Å². The first kappa shape index (κ1) is 25.9. The van der Waals surface area contributed by atoms with Gasteiger partial charge < -0.3 is 15.0 Å². The van der Waals surface area contributed by atoms with Gasteiger partial charge in [-0.15, -0.1) is 24.0 Å². The Morgan fingerprint density at radius 2 is 1.89 bits per heavy atom. The molecule has 28 heavy (non-hydrogen) atoms. The second kappa shape index (κ2) is 11.3. The second-order valence-electron chi connectivity index (χ2n) is 7.32. The summed E-state index contributed by atoms with van der Waals surface area (Å²) in [5, 5.41) is 3.24. The summed E-state index contributed by atoms with van der Waals surface area (Å²) in [6, 6.07) is 0. The molecule has 1 N–H and O–H groups in total. The second-order valence-corrected chi connectivity index (χ2v) is 11.6. The molecule has 0 aromatic carbocycles. The van der Waals surface area contributed by atoms with E-state index in [9.17, 15) is 16.8 Å². The van der Waals surface area contributed by atoms with E-state index in [1.807, 2.05) is 18.7 Å². The van der Waals surface area contributed by atoms with E-state index >= 15 is 0 Å². The summed E-state index contributed by atoms with van der Waals surface area (Å²) < 4.78 is 54.8. The van der Waals surface area contributed by atoms with Crippen molar-refractivity contribution in [3.63, 3.8) is 0 Å². The maximum atomic E-state index is 12.4. The number of ether oxygens (including phenoxy) is 1. The molecular weight excluding hydrogens is 519 g/mol. The van der Waals surface area contributed by atoms with E-state index in [-0.39, 0.29) is 59.9 Å². The quantitative estimate of drug-likeness (QED) is 0.269. The number of sulfonamides is 1. The van der Waals surface area contributed by atoms with Gasteiger partial charge in [0.15, 0.2) is 15.8 Å². The summed E-state index contributed by atoms with van der Waals surface area (Å²) in [5.74, 6) is 1.28. The molecule has 2 heterocycles. The van der Waals surface area contributed by atoms with Gasteiger partial charge in [-0.25, -0.2) is 16.8 Å². The lowest BCUT2D eigenvalue weighted by molar-refractivity contribution is 0.0904. The number of sulfone groups is 1. The molecule has 1 unspecified atom stereocenters. The molecule has 12 heteroatoms. The van der Waals surface area contributed by atoms with E-state index in [1.165, 1.54) is 4.31 Å². The molecule has 2 aliphatic heterocycles. The lowest BCUT2D eigenvalue weighted by Gasteiger charge is -2.36. The van der Waals surface area contributed by atoms with Crippen molar-refractivity contribution in [2.45, 2.75) is 26.4 Å². The zero-order valence-electron chi connectivity index (χ0n) is 16.8. The van der Waals surface area contributed by atoms with Gasteiger partial charge in [-0.05, 0) is 26.2 Å². The Labute approximate surface area is 186 Å². The van der Waals surface area contributed by atoms with E-state index in [4.69, 9.17) is 4.74 Å². The predicted octanol–water partition coefficient (Wildman–Crippen LogP) is -0.0131. The third-order valence-corrected chi connectivity index (χ3v) is 8.48. The Morgan fingerprint density at radius 1 is 1.25 bits per heavy atom. The lowest BCUT2D eigenvalue weighted by atomic mass is 10.1. The molecule has 0 radical (unpaired) electrons. The zero-order chi connectivity index (χ0) is 20.1. The van der Waals surface area contributed by atoms with Crippen molar-refractivity contribution >= 4 is 49.8 Å². The molecule has 166 valence electrons. The summed E-state index contributed by atoms with van der Waals surface area (Å²) in [5.41, 5.74) is 0. The summed E-state index contributed by atoms with van der Waals surface area (Å²) in [6.07, 6.45) is 0.692. The highest BCUT2D eigenvalue weighted by Crippen LogP contribution is 2.17. The first-order chi connectivity index (χ1) is 12.6. The van der Waals surface area contributed by atoms with Crippen molar-refractivity contribution in [3.05, 3.63) is 0 Å². The molecule has 2 fully saturated rings. The van der Waals surface area contributed by atoms with Crippen molar-refractivity contribution in [3.8, 4) is 0 Å². The van der Waals surface area contributed by atoms with Gasteiger partial charge in [0.1, 0.15) is 0 Å². The molecule has 0 aliphatic carbocycles. The Bertz CT molecular complexity index is 719. The molecule has 0 amide bonds. The molecule has 0 spiro atoms. The average Bonchev–Trinajstić information content (AvgIpc) is 2.94. The van der Waals surface area contributed by atoms with E-state index in [2.05, 4.69) is 10.3 Å². The van der Waals surface area contributed by atoms with Crippen LogP contribution in [0.25, 0.3) is 0 Å². The molecule has 0 aromatic heterocycles. The van der Waals surface area contributed by atoms with E-state index in [0.717, 1.165) is 0 Å². The fourth-order valence-electron chi connectivity index (χ4n) is 3.30. The number of hydrogen-bond donors (Lipinski definition) is 1. The van der Waals surface area contributed by atoms with Crippen LogP contribution < -0.4 is 5.32 Å². The van der Waals surface area contributed by atoms with Crippen molar-refractivity contribution in [2.75, 3.05) is 63.6 Å². The molecule has 0 aromatic rings. The van der Waals surface area contributed by atoms with Gasteiger partial charge in [0.25, 0.3) is 0 Å². The van der Waals surface area contributed by atoms with Crippen LogP contribution >= 0.6 is 24.0 Å². The fraction of sp³-hybridized carbons (Fsp3) is 0.938. The number of halogens is 1. The largest absolute Gasteiger partial charge is 0.378 e. The predicted molar refractivity (Wildman–Crippen MR) is 122 cm³/mol. The first-order valence-corrected chi connectivity index (χ1v) is 12.8. The third kappa shape index (κ3) is 7.92. The molecular formula is C16H33IN4O5S2. The van der Waals surface area contributed by atoms with Crippen LogP contribution in [0.4, 0.5) is 0 Å². The van der Waals surface area contributed by atoms with E-state index in [0.29, 0.717) is 45.1 Å². The number of guanidine groups is 1. The summed E-state index contributed by atoms with van der Waals surface area (Å²) >= 11 is 0. The zero-order valence-corrected chi connectivity index (χ0v) is 20.8. The smallest absolute Gasteiger partial charge is 0.216 e. The Kier molecular flexibility index (Phi) is 10.4. The molecule has 9 nitrogen and oxygen atoms in total. The van der Waals surface area contributed by atoms with Gasteiger partial charge in [0, 0.05) is 39.8 Å². The van der Waals surface area contributed by atoms with E-state index < -0.39 is 19.9 Å². The third-order valence-electron chi connectivity index (χ3n) is 4.81. The van der Waals surface area contributed by atoms with Crippen LogP contribution in [-0.4, -0.2) is 102 Å².